The van der Waals surface area contributed by atoms with Crippen LogP contribution in [0.3, 0.4) is 0 Å². The molecule has 0 aromatic heterocycles. The highest BCUT2D eigenvalue weighted by molar-refractivity contribution is 7.90. The minimum atomic E-state index is -3.14. The Kier molecular flexibility index (Phi) is 4.76. The van der Waals surface area contributed by atoms with Crippen LogP contribution in [-0.4, -0.2) is 33.3 Å². The summed E-state index contributed by atoms with van der Waals surface area (Å²) in [6.07, 6.45) is 2.69. The molecule has 1 aliphatic rings. The monoisotopic (exact) mass is 248 g/mol. The molecular formula is C11H24N2O2S. The van der Waals surface area contributed by atoms with Gasteiger partial charge in [-0.1, -0.05) is 20.8 Å². The molecule has 96 valence electrons. The summed E-state index contributed by atoms with van der Waals surface area (Å²) >= 11 is 0. The first-order chi connectivity index (χ1) is 7.37. The van der Waals surface area contributed by atoms with Crippen LogP contribution in [0.5, 0.6) is 0 Å². The van der Waals surface area contributed by atoms with Gasteiger partial charge in [0.2, 0.25) is 10.0 Å². The van der Waals surface area contributed by atoms with E-state index in [0.29, 0.717) is 13.1 Å². The lowest BCUT2D eigenvalue weighted by Gasteiger charge is -2.27. The molecular weight excluding hydrogens is 224 g/mol. The molecule has 1 heterocycles. The van der Waals surface area contributed by atoms with Crippen molar-refractivity contribution >= 4 is 10.0 Å². The maximum absolute atomic E-state index is 12.0. The van der Waals surface area contributed by atoms with Gasteiger partial charge in [0.1, 0.15) is 0 Å². The molecule has 1 aliphatic heterocycles. The van der Waals surface area contributed by atoms with Crippen LogP contribution in [0, 0.1) is 5.41 Å². The second-order valence-corrected chi connectivity index (χ2v) is 7.40. The van der Waals surface area contributed by atoms with Gasteiger partial charge in [-0.15, -0.1) is 0 Å². The Bertz CT molecular complexity index is 306. The number of piperidine rings is 1. The van der Waals surface area contributed by atoms with Crippen molar-refractivity contribution in [2.75, 3.05) is 19.6 Å². The largest absolute Gasteiger partial charge is 0.315 e. The van der Waals surface area contributed by atoms with E-state index in [0.717, 1.165) is 25.8 Å². The number of hydrogen-bond donors (Lipinski definition) is 2. The molecule has 1 fully saturated rings. The second-order valence-electron chi connectivity index (χ2n) is 5.35. The molecule has 0 amide bonds. The van der Waals surface area contributed by atoms with Gasteiger partial charge in [-0.05, 0) is 31.2 Å². The fraction of sp³-hybridized carbons (Fsp3) is 1.00. The van der Waals surface area contributed by atoms with E-state index in [1.54, 1.807) is 0 Å². The quantitative estimate of drug-likeness (QED) is 0.766. The average molecular weight is 248 g/mol. The predicted molar refractivity (Wildman–Crippen MR) is 66.9 cm³/mol. The van der Waals surface area contributed by atoms with E-state index < -0.39 is 10.0 Å². The highest BCUT2D eigenvalue weighted by atomic mass is 32.2. The molecule has 0 bridgehead atoms. The Hall–Kier alpha value is -0.130. The summed E-state index contributed by atoms with van der Waals surface area (Å²) in [7, 11) is -3.14. The summed E-state index contributed by atoms with van der Waals surface area (Å²) in [6, 6.07) is 0. The zero-order chi connectivity index (χ0) is 12.2. The molecule has 0 spiro atoms. The minimum absolute atomic E-state index is 0.0369. The molecule has 16 heavy (non-hydrogen) atoms. The third-order valence-electron chi connectivity index (χ3n) is 3.40. The van der Waals surface area contributed by atoms with Gasteiger partial charge in [0, 0.05) is 13.1 Å². The lowest BCUT2D eigenvalue weighted by molar-refractivity contribution is 0.348. The lowest BCUT2D eigenvalue weighted by Crippen LogP contribution is -2.46. The fourth-order valence-corrected chi connectivity index (χ4v) is 3.27. The molecule has 1 unspecified atom stereocenters. The summed E-state index contributed by atoms with van der Waals surface area (Å²) in [5.41, 5.74) is 0.0369. The van der Waals surface area contributed by atoms with Gasteiger partial charge < -0.3 is 5.32 Å². The SMILES string of the molecule is CCC(C)(C)CNS(=O)(=O)C1CCCNC1. The molecule has 0 saturated carbocycles. The van der Waals surface area contributed by atoms with Crippen molar-refractivity contribution in [1.82, 2.24) is 10.0 Å². The number of hydrogen-bond acceptors (Lipinski definition) is 3. The first-order valence-electron chi connectivity index (χ1n) is 6.06. The number of rotatable bonds is 5. The normalized spacial score (nSPS) is 23.3. The van der Waals surface area contributed by atoms with Gasteiger partial charge in [0.15, 0.2) is 0 Å². The zero-order valence-corrected chi connectivity index (χ0v) is 11.4. The van der Waals surface area contributed by atoms with E-state index in [2.05, 4.69) is 30.8 Å². The molecule has 0 aromatic rings. The summed E-state index contributed by atoms with van der Waals surface area (Å²) in [4.78, 5) is 0. The number of nitrogens with one attached hydrogen (secondary N) is 2. The smallest absolute Gasteiger partial charge is 0.215 e. The third kappa shape index (κ3) is 4.03. The van der Waals surface area contributed by atoms with Crippen molar-refractivity contribution < 1.29 is 8.42 Å². The Labute approximate surface area is 99.2 Å². The predicted octanol–water partition coefficient (Wildman–Crippen LogP) is 1.09. The van der Waals surface area contributed by atoms with Crippen LogP contribution in [0.15, 0.2) is 0 Å². The van der Waals surface area contributed by atoms with Gasteiger partial charge in [-0.25, -0.2) is 13.1 Å². The standard InChI is InChI=1S/C11H24N2O2S/c1-4-11(2,3)9-13-16(14,15)10-6-5-7-12-8-10/h10,12-13H,4-9H2,1-3H3. The molecule has 0 radical (unpaired) electrons. The highest BCUT2D eigenvalue weighted by Gasteiger charge is 2.28. The Balaban J connectivity index is 2.51. The maximum atomic E-state index is 12.0. The zero-order valence-electron chi connectivity index (χ0n) is 10.5. The Morgan fingerprint density at radius 2 is 2.12 bits per heavy atom. The van der Waals surface area contributed by atoms with Gasteiger partial charge in [-0.2, -0.15) is 0 Å². The first kappa shape index (κ1) is 13.9. The Morgan fingerprint density at radius 1 is 1.44 bits per heavy atom. The van der Waals surface area contributed by atoms with E-state index in [-0.39, 0.29) is 10.7 Å². The van der Waals surface area contributed by atoms with Gasteiger partial charge in [0.05, 0.1) is 5.25 Å². The van der Waals surface area contributed by atoms with Gasteiger partial charge in [-0.3, -0.25) is 0 Å². The second kappa shape index (κ2) is 5.47. The molecule has 5 heteroatoms. The van der Waals surface area contributed by atoms with Crippen molar-refractivity contribution in [2.24, 2.45) is 5.41 Å². The van der Waals surface area contributed by atoms with E-state index in [1.165, 1.54) is 0 Å². The van der Waals surface area contributed by atoms with Crippen molar-refractivity contribution in [2.45, 2.75) is 45.3 Å². The highest BCUT2D eigenvalue weighted by Crippen LogP contribution is 2.19. The summed E-state index contributed by atoms with van der Waals surface area (Å²) in [6.45, 7) is 8.29. The molecule has 1 rings (SSSR count). The molecule has 2 N–H and O–H groups in total. The van der Waals surface area contributed by atoms with Crippen molar-refractivity contribution in [3.8, 4) is 0 Å². The van der Waals surface area contributed by atoms with Crippen LogP contribution in [0.4, 0.5) is 0 Å². The summed E-state index contributed by atoms with van der Waals surface area (Å²) < 4.78 is 26.7. The van der Waals surface area contributed by atoms with E-state index in [4.69, 9.17) is 0 Å². The van der Waals surface area contributed by atoms with Crippen molar-refractivity contribution in [3.63, 3.8) is 0 Å². The summed E-state index contributed by atoms with van der Waals surface area (Å²) in [5, 5.41) is 2.88. The van der Waals surface area contributed by atoms with Crippen LogP contribution < -0.4 is 10.0 Å². The fourth-order valence-electron chi connectivity index (χ4n) is 1.62. The van der Waals surface area contributed by atoms with Crippen LogP contribution in [-0.2, 0) is 10.0 Å². The molecule has 4 nitrogen and oxygen atoms in total. The molecule has 0 aromatic carbocycles. The van der Waals surface area contributed by atoms with Gasteiger partial charge in [0.25, 0.3) is 0 Å². The first-order valence-corrected chi connectivity index (χ1v) is 7.61. The van der Waals surface area contributed by atoms with Crippen molar-refractivity contribution in [1.29, 1.82) is 0 Å². The van der Waals surface area contributed by atoms with Crippen LogP contribution in [0.25, 0.3) is 0 Å². The molecule has 1 atom stereocenters. The van der Waals surface area contributed by atoms with Crippen LogP contribution in [0.2, 0.25) is 0 Å². The average Bonchev–Trinajstić information content (AvgIpc) is 2.28. The van der Waals surface area contributed by atoms with Crippen LogP contribution >= 0.6 is 0 Å². The van der Waals surface area contributed by atoms with Crippen LogP contribution in [0.1, 0.15) is 40.0 Å². The lowest BCUT2D eigenvalue weighted by atomic mass is 9.91. The summed E-state index contributed by atoms with van der Waals surface area (Å²) in [5.74, 6) is 0. The van der Waals surface area contributed by atoms with E-state index in [1.807, 2.05) is 0 Å². The number of sulfonamides is 1. The molecule has 0 aliphatic carbocycles. The molecule has 1 saturated heterocycles. The third-order valence-corrected chi connectivity index (χ3v) is 5.23. The van der Waals surface area contributed by atoms with Gasteiger partial charge >= 0.3 is 0 Å². The van der Waals surface area contributed by atoms with Crippen molar-refractivity contribution in [3.05, 3.63) is 0 Å². The van der Waals surface area contributed by atoms with E-state index >= 15 is 0 Å². The topological polar surface area (TPSA) is 58.2 Å². The van der Waals surface area contributed by atoms with E-state index in [9.17, 15) is 8.42 Å². The minimum Gasteiger partial charge on any atom is -0.315 e. The maximum Gasteiger partial charge on any atom is 0.215 e. The Morgan fingerprint density at radius 3 is 2.62 bits per heavy atom.